The highest BCUT2D eigenvalue weighted by molar-refractivity contribution is 6.06. The molecule has 3 heterocycles. The van der Waals surface area contributed by atoms with E-state index in [1.54, 1.807) is 42.5 Å². The molecule has 2 aromatic carbocycles. The Morgan fingerprint density at radius 2 is 1.79 bits per heavy atom. The van der Waals surface area contributed by atoms with Crippen LogP contribution in [0.1, 0.15) is 10.4 Å². The zero-order valence-electron chi connectivity index (χ0n) is 18.1. The van der Waals surface area contributed by atoms with Gasteiger partial charge in [-0.25, -0.2) is 4.98 Å². The van der Waals surface area contributed by atoms with Crippen LogP contribution >= 0.6 is 0 Å². The Bertz CT molecular complexity index is 1500. The van der Waals surface area contributed by atoms with E-state index in [0.717, 1.165) is 5.56 Å². The predicted octanol–water partition coefficient (Wildman–Crippen LogP) is 4.14. The summed E-state index contributed by atoms with van der Waals surface area (Å²) in [5.74, 6) is 0.935. The van der Waals surface area contributed by atoms with Gasteiger partial charge in [0, 0.05) is 17.7 Å². The fourth-order valence-electron chi connectivity index (χ4n) is 3.49. The van der Waals surface area contributed by atoms with Crippen LogP contribution in [0.5, 0.6) is 5.75 Å². The van der Waals surface area contributed by atoms with Crippen LogP contribution < -0.4 is 15.6 Å². The van der Waals surface area contributed by atoms with Crippen LogP contribution in [0.15, 0.2) is 94.3 Å². The molecule has 0 fully saturated rings. The zero-order valence-corrected chi connectivity index (χ0v) is 18.1. The fraction of sp³-hybridized carbons (Fsp3) is 0.0400. The summed E-state index contributed by atoms with van der Waals surface area (Å²) in [6.45, 7) is 0. The van der Waals surface area contributed by atoms with Gasteiger partial charge in [-0.1, -0.05) is 42.5 Å². The SMILES string of the molecule is COc1ccccc1C(=O)Nc1cc(-c2ccco2)nn1-c1nc(-c2ccccc2)cc(=O)[nH]1. The lowest BCUT2D eigenvalue weighted by atomic mass is 10.1. The van der Waals surface area contributed by atoms with Crippen LogP contribution in [0.4, 0.5) is 5.82 Å². The van der Waals surface area contributed by atoms with Gasteiger partial charge in [0.1, 0.15) is 17.3 Å². The molecular weight excluding hydrogens is 434 g/mol. The molecule has 0 spiro atoms. The van der Waals surface area contributed by atoms with Gasteiger partial charge in [-0.2, -0.15) is 9.78 Å². The highest BCUT2D eigenvalue weighted by Gasteiger charge is 2.19. The van der Waals surface area contributed by atoms with Crippen molar-refractivity contribution in [3.8, 4) is 34.4 Å². The summed E-state index contributed by atoms with van der Waals surface area (Å²) in [7, 11) is 1.50. The first-order chi connectivity index (χ1) is 16.6. The number of aromatic amines is 1. The highest BCUT2D eigenvalue weighted by atomic mass is 16.5. The molecular formula is C25H19N5O4. The number of methoxy groups -OCH3 is 1. The molecule has 2 N–H and O–H groups in total. The van der Waals surface area contributed by atoms with E-state index in [4.69, 9.17) is 9.15 Å². The molecule has 0 radical (unpaired) electrons. The van der Waals surface area contributed by atoms with Crippen LogP contribution in [0, 0.1) is 0 Å². The number of nitrogens with zero attached hydrogens (tertiary/aromatic N) is 3. The lowest BCUT2D eigenvalue weighted by Gasteiger charge is -2.11. The maximum atomic E-state index is 13.1. The second-order valence-electron chi connectivity index (χ2n) is 7.28. The smallest absolute Gasteiger partial charge is 0.260 e. The molecule has 5 aromatic rings. The number of benzene rings is 2. The molecule has 9 heteroatoms. The van der Waals surface area contributed by atoms with Crippen LogP contribution in [0.3, 0.4) is 0 Å². The number of rotatable bonds is 6. The predicted molar refractivity (Wildman–Crippen MR) is 126 cm³/mol. The van der Waals surface area contributed by atoms with E-state index in [1.165, 1.54) is 24.1 Å². The third-order valence-electron chi connectivity index (χ3n) is 5.08. The molecule has 3 aromatic heterocycles. The van der Waals surface area contributed by atoms with Crippen molar-refractivity contribution in [1.29, 1.82) is 0 Å². The number of hydrogen-bond acceptors (Lipinski definition) is 6. The largest absolute Gasteiger partial charge is 0.496 e. The van der Waals surface area contributed by atoms with Gasteiger partial charge in [0.15, 0.2) is 5.76 Å². The normalized spacial score (nSPS) is 10.7. The number of carbonyl (C=O) groups is 1. The number of hydrogen-bond donors (Lipinski definition) is 2. The van der Waals surface area contributed by atoms with E-state index in [1.807, 2.05) is 30.3 Å². The first-order valence-electron chi connectivity index (χ1n) is 10.4. The topological polar surface area (TPSA) is 115 Å². The summed E-state index contributed by atoms with van der Waals surface area (Å²) in [5.41, 5.74) is 1.68. The first kappa shape index (κ1) is 21.0. The molecule has 1 amide bonds. The minimum absolute atomic E-state index is 0.138. The third-order valence-corrected chi connectivity index (χ3v) is 5.08. The Morgan fingerprint density at radius 1 is 1.00 bits per heavy atom. The van der Waals surface area contributed by atoms with Gasteiger partial charge in [0.25, 0.3) is 11.5 Å². The third kappa shape index (κ3) is 4.09. The van der Waals surface area contributed by atoms with Crippen molar-refractivity contribution in [2.75, 3.05) is 12.4 Å². The van der Waals surface area contributed by atoms with Gasteiger partial charge in [-0.15, -0.1) is 0 Å². The average molecular weight is 453 g/mol. The van der Waals surface area contributed by atoms with Crippen molar-refractivity contribution < 1.29 is 13.9 Å². The molecule has 0 saturated heterocycles. The molecule has 0 saturated carbocycles. The molecule has 9 nitrogen and oxygen atoms in total. The summed E-state index contributed by atoms with van der Waals surface area (Å²) < 4.78 is 12.1. The lowest BCUT2D eigenvalue weighted by Crippen LogP contribution is -2.19. The number of amides is 1. The number of nitrogens with one attached hydrogen (secondary N) is 2. The van der Waals surface area contributed by atoms with E-state index in [2.05, 4.69) is 20.4 Å². The summed E-state index contributed by atoms with van der Waals surface area (Å²) in [4.78, 5) is 32.8. The number of aromatic nitrogens is 4. The van der Waals surface area contributed by atoms with Gasteiger partial charge in [0.2, 0.25) is 5.95 Å². The van der Waals surface area contributed by atoms with E-state index in [0.29, 0.717) is 28.5 Å². The molecule has 0 aliphatic heterocycles. The Labute approximate surface area is 193 Å². The van der Waals surface area contributed by atoms with Crippen LogP contribution in [-0.4, -0.2) is 32.8 Å². The number of carbonyl (C=O) groups excluding carboxylic acids is 1. The van der Waals surface area contributed by atoms with Gasteiger partial charge in [-0.3, -0.25) is 14.6 Å². The molecule has 5 rings (SSSR count). The van der Waals surface area contributed by atoms with Crippen molar-refractivity contribution in [2.24, 2.45) is 0 Å². The molecule has 0 atom stereocenters. The maximum Gasteiger partial charge on any atom is 0.260 e. The number of ether oxygens (including phenoxy) is 1. The monoisotopic (exact) mass is 453 g/mol. The van der Waals surface area contributed by atoms with Crippen molar-refractivity contribution in [3.63, 3.8) is 0 Å². The van der Waals surface area contributed by atoms with Gasteiger partial charge in [0.05, 0.1) is 24.6 Å². The fourth-order valence-corrected chi connectivity index (χ4v) is 3.49. The summed E-state index contributed by atoms with van der Waals surface area (Å²) in [5, 5.41) is 7.37. The second-order valence-corrected chi connectivity index (χ2v) is 7.28. The molecule has 168 valence electrons. The number of H-pyrrole nitrogens is 1. The van der Waals surface area contributed by atoms with E-state index < -0.39 is 5.91 Å². The summed E-state index contributed by atoms with van der Waals surface area (Å²) in [6.07, 6.45) is 1.53. The van der Waals surface area contributed by atoms with Crippen molar-refractivity contribution in [1.82, 2.24) is 19.7 Å². The van der Waals surface area contributed by atoms with Crippen LogP contribution in [0.2, 0.25) is 0 Å². The van der Waals surface area contributed by atoms with Gasteiger partial charge >= 0.3 is 0 Å². The highest BCUT2D eigenvalue weighted by Crippen LogP contribution is 2.26. The summed E-state index contributed by atoms with van der Waals surface area (Å²) in [6, 6.07) is 22.7. The molecule has 0 unspecified atom stereocenters. The van der Waals surface area contributed by atoms with Crippen molar-refractivity contribution in [2.45, 2.75) is 0 Å². The standard InChI is InChI=1S/C25H19N5O4/c1-33-20-11-6-5-10-17(20)24(32)27-22-14-19(21-12-7-13-34-21)29-30(22)25-26-18(15-23(31)28-25)16-8-3-2-4-9-16/h2-15H,1H3,(H,27,32)(H,26,28,31). The first-order valence-corrected chi connectivity index (χ1v) is 10.4. The lowest BCUT2D eigenvalue weighted by molar-refractivity contribution is 0.102. The minimum Gasteiger partial charge on any atom is -0.496 e. The number of para-hydroxylation sites is 1. The van der Waals surface area contributed by atoms with E-state index >= 15 is 0 Å². The Balaban J connectivity index is 1.61. The van der Waals surface area contributed by atoms with E-state index in [-0.39, 0.29) is 17.3 Å². The van der Waals surface area contributed by atoms with E-state index in [9.17, 15) is 9.59 Å². The molecule has 0 aliphatic rings. The molecule has 34 heavy (non-hydrogen) atoms. The Kier molecular flexibility index (Phi) is 5.49. The van der Waals surface area contributed by atoms with Crippen LogP contribution in [0.25, 0.3) is 28.7 Å². The minimum atomic E-state index is -0.411. The second kappa shape index (κ2) is 8.91. The van der Waals surface area contributed by atoms with Crippen LogP contribution in [-0.2, 0) is 0 Å². The Hall–Kier alpha value is -4.92. The van der Waals surface area contributed by atoms with Crippen molar-refractivity contribution in [3.05, 3.63) is 101 Å². The van der Waals surface area contributed by atoms with Gasteiger partial charge < -0.3 is 14.5 Å². The molecule has 0 bridgehead atoms. The zero-order chi connectivity index (χ0) is 23.5. The number of furan rings is 1. The average Bonchev–Trinajstić information content (AvgIpc) is 3.54. The molecule has 0 aliphatic carbocycles. The maximum absolute atomic E-state index is 13.1. The van der Waals surface area contributed by atoms with Gasteiger partial charge in [-0.05, 0) is 24.3 Å². The Morgan fingerprint density at radius 3 is 2.56 bits per heavy atom. The van der Waals surface area contributed by atoms with Crippen molar-refractivity contribution >= 4 is 11.7 Å². The number of anilines is 1. The summed E-state index contributed by atoms with van der Waals surface area (Å²) >= 11 is 0. The quantitative estimate of drug-likeness (QED) is 0.399.